The summed E-state index contributed by atoms with van der Waals surface area (Å²) in [5.74, 6) is -1.73. The average molecular weight is 481 g/mol. The van der Waals surface area contributed by atoms with Gasteiger partial charge in [-0.15, -0.1) is 0 Å². The van der Waals surface area contributed by atoms with Crippen molar-refractivity contribution < 1.29 is 23.8 Å². The second-order valence-corrected chi connectivity index (χ2v) is 9.26. The standard InChI is InChI=1S/C28H30F2N2O3/c1-18(34)32-26(13-20-11-24(29)15-25(30)12-20)27(35)16-31-28(8-9-28)23-7-3-6-22(14-23)21-5-2-4-19(10-21)17-33/h2-7,10-12,14-15,26-27,31,33,35H,8-9,13,16-17H2,1H3,(H,32,34)/t26-,27+/m0/s1. The normalized spacial score (nSPS) is 15.9. The maximum atomic E-state index is 13.6. The number of aliphatic hydroxyl groups excluding tert-OH is 2. The van der Waals surface area contributed by atoms with Crippen LogP contribution in [-0.4, -0.2) is 34.8 Å². The van der Waals surface area contributed by atoms with Crippen LogP contribution in [0.1, 0.15) is 36.5 Å². The van der Waals surface area contributed by atoms with Crippen LogP contribution >= 0.6 is 0 Å². The Hall–Kier alpha value is -3.13. The molecule has 0 unspecified atom stereocenters. The maximum Gasteiger partial charge on any atom is 0.217 e. The molecule has 1 fully saturated rings. The number of benzene rings is 3. The zero-order valence-electron chi connectivity index (χ0n) is 19.6. The highest BCUT2D eigenvalue weighted by molar-refractivity contribution is 5.73. The summed E-state index contributed by atoms with van der Waals surface area (Å²) in [5.41, 5.74) is 4.08. The minimum absolute atomic E-state index is 0.0192. The first kappa shape index (κ1) is 25.0. The molecule has 1 amide bonds. The molecule has 0 bridgehead atoms. The molecular weight excluding hydrogens is 450 g/mol. The van der Waals surface area contributed by atoms with E-state index >= 15 is 0 Å². The van der Waals surface area contributed by atoms with Crippen LogP contribution in [-0.2, 0) is 23.4 Å². The monoisotopic (exact) mass is 480 g/mol. The van der Waals surface area contributed by atoms with Crippen molar-refractivity contribution in [2.24, 2.45) is 0 Å². The Labute approximate surface area is 203 Å². The third kappa shape index (κ3) is 6.31. The van der Waals surface area contributed by atoms with Gasteiger partial charge in [-0.1, -0.05) is 36.4 Å². The predicted octanol–water partition coefficient (Wildman–Crippen LogP) is 3.81. The van der Waals surface area contributed by atoms with Gasteiger partial charge in [0, 0.05) is 25.1 Å². The van der Waals surface area contributed by atoms with Gasteiger partial charge in [-0.05, 0) is 71.3 Å². The molecule has 3 aromatic rings. The highest BCUT2D eigenvalue weighted by atomic mass is 19.1. The minimum Gasteiger partial charge on any atom is -0.392 e. The fourth-order valence-electron chi connectivity index (χ4n) is 4.51. The first-order valence-corrected chi connectivity index (χ1v) is 11.7. The van der Waals surface area contributed by atoms with Crippen LogP contribution in [0.2, 0.25) is 0 Å². The molecule has 0 aliphatic heterocycles. The van der Waals surface area contributed by atoms with Gasteiger partial charge in [-0.3, -0.25) is 4.79 Å². The number of hydrogen-bond acceptors (Lipinski definition) is 4. The maximum absolute atomic E-state index is 13.6. The Morgan fingerprint density at radius 1 is 0.971 bits per heavy atom. The number of carbonyl (C=O) groups is 1. The Morgan fingerprint density at radius 3 is 2.26 bits per heavy atom. The summed E-state index contributed by atoms with van der Waals surface area (Å²) in [5, 5.41) is 26.5. The molecule has 0 heterocycles. The SMILES string of the molecule is CC(=O)N[C@@H](Cc1cc(F)cc(F)c1)[C@H](O)CNC1(c2cccc(-c3cccc(CO)c3)c2)CC1. The zero-order chi connectivity index (χ0) is 25.0. The number of nitrogens with one attached hydrogen (secondary N) is 2. The van der Waals surface area contributed by atoms with Crippen LogP contribution in [0.4, 0.5) is 8.78 Å². The summed E-state index contributed by atoms with van der Waals surface area (Å²) >= 11 is 0. The number of carbonyl (C=O) groups excluding carboxylic acids is 1. The number of halogens is 2. The number of rotatable bonds is 10. The third-order valence-corrected chi connectivity index (χ3v) is 6.49. The highest BCUT2D eigenvalue weighted by Crippen LogP contribution is 2.46. The van der Waals surface area contributed by atoms with Crippen molar-refractivity contribution in [1.29, 1.82) is 0 Å². The van der Waals surface area contributed by atoms with Crippen molar-refractivity contribution in [3.05, 3.63) is 95.1 Å². The number of aliphatic hydroxyl groups is 2. The lowest BCUT2D eigenvalue weighted by Gasteiger charge is -2.27. The second kappa shape index (κ2) is 10.6. The molecule has 0 radical (unpaired) electrons. The average Bonchev–Trinajstić information content (AvgIpc) is 3.62. The highest BCUT2D eigenvalue weighted by Gasteiger charge is 2.44. The van der Waals surface area contributed by atoms with Crippen molar-refractivity contribution in [3.8, 4) is 11.1 Å². The van der Waals surface area contributed by atoms with E-state index in [4.69, 9.17) is 0 Å². The van der Waals surface area contributed by atoms with Crippen molar-refractivity contribution in [1.82, 2.24) is 10.6 Å². The van der Waals surface area contributed by atoms with Crippen molar-refractivity contribution >= 4 is 5.91 Å². The Balaban J connectivity index is 1.47. The van der Waals surface area contributed by atoms with E-state index in [1.807, 2.05) is 42.5 Å². The molecule has 0 spiro atoms. The largest absolute Gasteiger partial charge is 0.392 e. The molecule has 1 saturated carbocycles. The van der Waals surface area contributed by atoms with Crippen LogP contribution in [0.15, 0.2) is 66.7 Å². The van der Waals surface area contributed by atoms with E-state index < -0.39 is 23.8 Å². The lowest BCUT2D eigenvalue weighted by atomic mass is 9.96. The summed E-state index contributed by atoms with van der Waals surface area (Å²) in [7, 11) is 0. The summed E-state index contributed by atoms with van der Waals surface area (Å²) in [6.45, 7) is 1.53. The summed E-state index contributed by atoms with van der Waals surface area (Å²) < 4.78 is 27.3. The summed E-state index contributed by atoms with van der Waals surface area (Å²) in [6.07, 6.45) is 0.937. The van der Waals surface area contributed by atoms with E-state index in [1.54, 1.807) is 0 Å². The van der Waals surface area contributed by atoms with Crippen molar-refractivity contribution in [2.75, 3.05) is 6.54 Å². The minimum atomic E-state index is -0.966. The molecule has 1 aliphatic rings. The summed E-state index contributed by atoms with van der Waals surface area (Å²) in [4.78, 5) is 11.7. The molecule has 35 heavy (non-hydrogen) atoms. The van der Waals surface area contributed by atoms with Crippen LogP contribution in [0.5, 0.6) is 0 Å². The van der Waals surface area contributed by atoms with E-state index in [0.29, 0.717) is 5.56 Å². The van der Waals surface area contributed by atoms with E-state index in [2.05, 4.69) is 16.7 Å². The van der Waals surface area contributed by atoms with Gasteiger partial charge in [0.05, 0.1) is 18.8 Å². The molecule has 5 nitrogen and oxygen atoms in total. The fraction of sp³-hybridized carbons (Fsp3) is 0.321. The Bertz CT molecular complexity index is 1180. The van der Waals surface area contributed by atoms with Gasteiger partial charge in [0.2, 0.25) is 5.91 Å². The number of amides is 1. The second-order valence-electron chi connectivity index (χ2n) is 9.26. The molecule has 2 atom stereocenters. The van der Waals surface area contributed by atoms with Crippen molar-refractivity contribution in [3.63, 3.8) is 0 Å². The summed E-state index contributed by atoms with van der Waals surface area (Å²) in [6, 6.07) is 18.4. The van der Waals surface area contributed by atoms with Gasteiger partial charge in [-0.25, -0.2) is 8.78 Å². The molecule has 3 aromatic carbocycles. The lowest BCUT2D eigenvalue weighted by Crippen LogP contribution is -2.49. The molecule has 4 N–H and O–H groups in total. The third-order valence-electron chi connectivity index (χ3n) is 6.49. The Kier molecular flexibility index (Phi) is 7.60. The van der Waals surface area contributed by atoms with Crippen LogP contribution < -0.4 is 10.6 Å². The molecule has 184 valence electrons. The van der Waals surface area contributed by atoms with Gasteiger partial charge < -0.3 is 20.8 Å². The molecule has 7 heteroatoms. The predicted molar refractivity (Wildman–Crippen MR) is 130 cm³/mol. The van der Waals surface area contributed by atoms with Crippen LogP contribution in [0, 0.1) is 11.6 Å². The van der Waals surface area contributed by atoms with Gasteiger partial charge in [-0.2, -0.15) is 0 Å². The van der Waals surface area contributed by atoms with E-state index in [9.17, 15) is 23.8 Å². The van der Waals surface area contributed by atoms with Crippen LogP contribution in [0.3, 0.4) is 0 Å². The fourth-order valence-corrected chi connectivity index (χ4v) is 4.51. The molecule has 1 aliphatic carbocycles. The molecule has 0 saturated heterocycles. The number of hydrogen-bond donors (Lipinski definition) is 4. The van der Waals surface area contributed by atoms with Gasteiger partial charge in [0.25, 0.3) is 0 Å². The smallest absolute Gasteiger partial charge is 0.217 e. The lowest BCUT2D eigenvalue weighted by molar-refractivity contribution is -0.120. The molecule has 0 aromatic heterocycles. The van der Waals surface area contributed by atoms with E-state index in [-0.39, 0.29) is 31.0 Å². The van der Waals surface area contributed by atoms with Crippen LogP contribution in [0.25, 0.3) is 11.1 Å². The zero-order valence-corrected chi connectivity index (χ0v) is 19.6. The molecular formula is C28H30F2N2O3. The van der Waals surface area contributed by atoms with E-state index in [0.717, 1.165) is 41.2 Å². The van der Waals surface area contributed by atoms with Crippen molar-refractivity contribution in [2.45, 2.75) is 50.5 Å². The van der Waals surface area contributed by atoms with E-state index in [1.165, 1.54) is 19.1 Å². The first-order chi connectivity index (χ1) is 16.8. The first-order valence-electron chi connectivity index (χ1n) is 11.7. The molecule has 4 rings (SSSR count). The van der Waals surface area contributed by atoms with Gasteiger partial charge in [0.15, 0.2) is 0 Å². The Morgan fingerprint density at radius 2 is 1.63 bits per heavy atom. The van der Waals surface area contributed by atoms with Gasteiger partial charge in [0.1, 0.15) is 11.6 Å². The quantitative estimate of drug-likeness (QED) is 0.356. The topological polar surface area (TPSA) is 81.6 Å². The van der Waals surface area contributed by atoms with Gasteiger partial charge >= 0.3 is 0 Å².